The number of H-pyrrole nitrogens is 1. The van der Waals surface area contributed by atoms with Gasteiger partial charge in [-0.2, -0.15) is 5.10 Å². The maximum Gasteiger partial charge on any atom is 0.255 e. The fourth-order valence-corrected chi connectivity index (χ4v) is 3.53. The third kappa shape index (κ3) is 3.31. The van der Waals surface area contributed by atoms with Crippen LogP contribution in [0.4, 0.5) is 0 Å². The van der Waals surface area contributed by atoms with Gasteiger partial charge in [-0.25, -0.2) is 0 Å². The Balaban J connectivity index is 1.39. The molecule has 0 saturated heterocycles. The number of hydrogen-bond donors (Lipinski definition) is 3. The zero-order valence-corrected chi connectivity index (χ0v) is 16.1. The summed E-state index contributed by atoms with van der Waals surface area (Å²) in [6.07, 6.45) is 1.80. The Morgan fingerprint density at radius 2 is 2.04 bits per heavy atom. The van der Waals surface area contributed by atoms with E-state index < -0.39 is 6.04 Å². The molecule has 2 aliphatic rings. The number of fused-ring (bicyclic) bond motifs is 1. The number of benzene rings is 1. The summed E-state index contributed by atoms with van der Waals surface area (Å²) in [6.45, 7) is 0.0103. The first-order valence-corrected chi connectivity index (χ1v) is 9.44. The van der Waals surface area contributed by atoms with Crippen LogP contribution in [0.15, 0.2) is 24.3 Å². The Labute approximate surface area is 166 Å². The van der Waals surface area contributed by atoms with Crippen molar-refractivity contribution in [2.24, 2.45) is 7.05 Å². The molecule has 0 bridgehead atoms. The molecule has 0 spiro atoms. The van der Waals surface area contributed by atoms with E-state index in [1.165, 1.54) is 0 Å². The molecule has 9 nitrogen and oxygen atoms in total. The van der Waals surface area contributed by atoms with Crippen molar-refractivity contribution < 1.29 is 14.4 Å². The van der Waals surface area contributed by atoms with Crippen molar-refractivity contribution >= 4 is 29.9 Å². The second kappa shape index (κ2) is 7.19. The molecule has 1 aromatic heterocycles. The molecule has 10 heteroatoms. The zero-order chi connectivity index (χ0) is 19.8. The van der Waals surface area contributed by atoms with Crippen LogP contribution >= 0.6 is 12.2 Å². The highest BCUT2D eigenvalue weighted by Gasteiger charge is 2.47. The highest BCUT2D eigenvalue weighted by Crippen LogP contribution is 2.41. The van der Waals surface area contributed by atoms with Gasteiger partial charge >= 0.3 is 0 Å². The number of nitrogens with zero attached hydrogens (tertiary/aromatic N) is 3. The number of carbonyl (C=O) groups is 3. The van der Waals surface area contributed by atoms with Gasteiger partial charge in [0, 0.05) is 18.7 Å². The molecule has 1 aliphatic carbocycles. The maximum atomic E-state index is 12.8. The summed E-state index contributed by atoms with van der Waals surface area (Å²) in [7, 11) is 1.75. The van der Waals surface area contributed by atoms with Crippen LogP contribution in [-0.4, -0.2) is 50.0 Å². The van der Waals surface area contributed by atoms with Gasteiger partial charge in [0.2, 0.25) is 11.8 Å². The first kappa shape index (κ1) is 18.4. The van der Waals surface area contributed by atoms with E-state index in [0.717, 1.165) is 12.8 Å². The van der Waals surface area contributed by atoms with Crippen LogP contribution < -0.4 is 10.6 Å². The second-order valence-electron chi connectivity index (χ2n) is 6.93. The van der Waals surface area contributed by atoms with E-state index in [-0.39, 0.29) is 36.9 Å². The third-order valence-electron chi connectivity index (χ3n) is 5.03. The fourth-order valence-electron chi connectivity index (χ4n) is 3.38. The third-order valence-corrected chi connectivity index (χ3v) is 5.39. The highest BCUT2D eigenvalue weighted by atomic mass is 32.1. The molecule has 3 N–H and O–H groups in total. The van der Waals surface area contributed by atoms with Gasteiger partial charge in [0.05, 0.1) is 13.1 Å². The molecular weight excluding hydrogens is 380 g/mol. The van der Waals surface area contributed by atoms with E-state index in [1.54, 1.807) is 34.7 Å². The van der Waals surface area contributed by atoms with Crippen LogP contribution in [0.3, 0.4) is 0 Å². The van der Waals surface area contributed by atoms with Gasteiger partial charge in [-0.1, -0.05) is 18.2 Å². The number of aromatic amines is 1. The molecule has 2 aromatic rings. The second-order valence-corrected chi connectivity index (χ2v) is 7.32. The molecule has 146 valence electrons. The number of hydrogen-bond acceptors (Lipinski definition) is 5. The summed E-state index contributed by atoms with van der Waals surface area (Å²) in [4.78, 5) is 39.2. The van der Waals surface area contributed by atoms with E-state index >= 15 is 0 Å². The molecule has 1 aromatic carbocycles. The van der Waals surface area contributed by atoms with Crippen molar-refractivity contribution in [3.8, 4) is 0 Å². The topological polar surface area (TPSA) is 112 Å². The lowest BCUT2D eigenvalue weighted by Gasteiger charge is -2.24. The zero-order valence-electron chi connectivity index (χ0n) is 15.3. The van der Waals surface area contributed by atoms with Crippen LogP contribution in [0.2, 0.25) is 0 Å². The monoisotopic (exact) mass is 400 g/mol. The molecule has 1 fully saturated rings. The Hall–Kier alpha value is -3.01. The van der Waals surface area contributed by atoms with Crippen molar-refractivity contribution in [2.75, 3.05) is 6.54 Å². The molecule has 3 amide bonds. The van der Waals surface area contributed by atoms with E-state index in [2.05, 4.69) is 20.8 Å². The van der Waals surface area contributed by atoms with Crippen molar-refractivity contribution in [1.29, 1.82) is 0 Å². The minimum absolute atomic E-state index is 0.0942. The number of nitrogens with one attached hydrogen (secondary N) is 3. The normalized spacial score (nSPS) is 18.1. The fraction of sp³-hybridized carbons (Fsp3) is 0.389. The first-order valence-electron chi connectivity index (χ1n) is 9.03. The maximum absolute atomic E-state index is 12.8. The van der Waals surface area contributed by atoms with Crippen LogP contribution in [0.1, 0.15) is 40.6 Å². The largest absolute Gasteiger partial charge is 0.347 e. The van der Waals surface area contributed by atoms with Crippen molar-refractivity contribution in [1.82, 2.24) is 30.3 Å². The molecule has 1 aliphatic heterocycles. The molecular formula is C18H20N6O3S. The van der Waals surface area contributed by atoms with Crippen molar-refractivity contribution in [2.45, 2.75) is 31.5 Å². The van der Waals surface area contributed by atoms with Gasteiger partial charge in [0.25, 0.3) is 5.91 Å². The SMILES string of the molecule is Cn1c(CNC(=O)CNC(=O)C2c3ccccc3C(=O)N2C2CC2)n[nH]c1=S. The molecule has 1 saturated carbocycles. The lowest BCUT2D eigenvalue weighted by molar-refractivity contribution is -0.129. The minimum atomic E-state index is -0.684. The van der Waals surface area contributed by atoms with Crippen LogP contribution in [0.5, 0.6) is 0 Å². The van der Waals surface area contributed by atoms with Gasteiger partial charge in [0.15, 0.2) is 10.6 Å². The summed E-state index contributed by atoms with van der Waals surface area (Å²) in [5.74, 6) is -0.232. The minimum Gasteiger partial charge on any atom is -0.347 e. The summed E-state index contributed by atoms with van der Waals surface area (Å²) < 4.78 is 2.12. The molecule has 4 rings (SSSR count). The number of aromatic nitrogens is 3. The van der Waals surface area contributed by atoms with E-state index in [9.17, 15) is 14.4 Å². The molecule has 1 atom stereocenters. The van der Waals surface area contributed by atoms with Gasteiger partial charge in [-0.05, 0) is 36.7 Å². The standard InChI is InChI=1S/C18H20N6O3S/c1-23-13(21-22-18(23)28)8-19-14(25)9-20-16(26)15-11-4-2-3-5-12(11)17(27)24(15)10-6-7-10/h2-5,10,15H,6-9H2,1H3,(H,19,25)(H,20,26)(H,22,28). The number of rotatable bonds is 6. The Morgan fingerprint density at radius 1 is 1.29 bits per heavy atom. The molecule has 0 radical (unpaired) electrons. The Bertz CT molecular complexity index is 1010. The lowest BCUT2D eigenvalue weighted by Crippen LogP contribution is -2.43. The Morgan fingerprint density at radius 3 is 2.71 bits per heavy atom. The van der Waals surface area contributed by atoms with Crippen molar-refractivity contribution in [3.63, 3.8) is 0 Å². The quantitative estimate of drug-likeness (QED) is 0.614. The van der Waals surface area contributed by atoms with E-state index in [4.69, 9.17) is 12.2 Å². The average Bonchev–Trinajstić information content (AvgIpc) is 3.43. The Kier molecular flexibility index (Phi) is 4.71. The predicted molar refractivity (Wildman–Crippen MR) is 102 cm³/mol. The van der Waals surface area contributed by atoms with Gasteiger partial charge in [-0.3, -0.25) is 19.5 Å². The van der Waals surface area contributed by atoms with Crippen molar-refractivity contribution in [3.05, 3.63) is 46.0 Å². The molecule has 2 heterocycles. The first-order chi connectivity index (χ1) is 13.5. The van der Waals surface area contributed by atoms with E-state index in [1.807, 2.05) is 6.07 Å². The average molecular weight is 400 g/mol. The predicted octanol–water partition coefficient (Wildman–Crippen LogP) is 0.570. The van der Waals surface area contributed by atoms with Gasteiger partial charge < -0.3 is 20.1 Å². The summed E-state index contributed by atoms with van der Waals surface area (Å²) in [5.41, 5.74) is 1.25. The highest BCUT2D eigenvalue weighted by molar-refractivity contribution is 7.71. The lowest BCUT2D eigenvalue weighted by atomic mass is 10.0. The molecule has 1 unspecified atom stereocenters. The van der Waals surface area contributed by atoms with Gasteiger partial charge in [0.1, 0.15) is 6.04 Å². The van der Waals surface area contributed by atoms with Crippen LogP contribution in [0, 0.1) is 4.77 Å². The summed E-state index contributed by atoms with van der Waals surface area (Å²) in [6, 6.07) is 6.55. The number of amides is 3. The van der Waals surface area contributed by atoms with Gasteiger partial charge in [-0.15, -0.1) is 0 Å². The number of carbonyl (C=O) groups excluding carboxylic acids is 3. The summed E-state index contributed by atoms with van der Waals surface area (Å²) >= 11 is 5.02. The van der Waals surface area contributed by atoms with Crippen LogP contribution in [-0.2, 0) is 23.2 Å². The summed E-state index contributed by atoms with van der Waals surface area (Å²) in [5, 5.41) is 12.0. The smallest absolute Gasteiger partial charge is 0.255 e. The van der Waals surface area contributed by atoms with Crippen LogP contribution in [0.25, 0.3) is 0 Å². The molecule has 28 heavy (non-hydrogen) atoms. The van der Waals surface area contributed by atoms with E-state index in [0.29, 0.717) is 21.7 Å².